The number of thioether (sulfide) groups is 1. The molecule has 5 nitrogen and oxygen atoms in total. The van der Waals surface area contributed by atoms with Gasteiger partial charge in [0.1, 0.15) is 5.82 Å². The quantitative estimate of drug-likeness (QED) is 0.816. The molecule has 2 N–H and O–H groups in total. The fourth-order valence-corrected chi connectivity index (χ4v) is 3.62. The number of rotatable bonds is 6. The maximum Gasteiger partial charge on any atom is 0.219 e. The third kappa shape index (κ3) is 3.23. The van der Waals surface area contributed by atoms with Crippen molar-refractivity contribution in [2.45, 2.75) is 61.4 Å². The number of carbonyl (C=O) groups excluding carboxylic acids is 1. The molecule has 1 atom stereocenters. The molecule has 0 spiro atoms. The zero-order valence-electron chi connectivity index (χ0n) is 11.5. The maximum absolute atomic E-state index is 11.0. The van der Waals surface area contributed by atoms with Crippen molar-refractivity contribution in [3.05, 3.63) is 18.0 Å². The Morgan fingerprint density at radius 3 is 2.90 bits per heavy atom. The van der Waals surface area contributed by atoms with E-state index >= 15 is 0 Å². The van der Waals surface area contributed by atoms with E-state index in [1.54, 1.807) is 11.8 Å². The van der Waals surface area contributed by atoms with Gasteiger partial charge in [-0.05, 0) is 32.1 Å². The standard InChI is InChI=1S/C14H20N4OS/c15-12(19)8-9-18-13(10-6-7-10)16-17-14(18)20-11-4-2-1-3-5-11/h2,4,10-11H,1,3,5-9H2,(H2,15,19)/t11-/m1/s1. The molecule has 20 heavy (non-hydrogen) atoms. The highest BCUT2D eigenvalue weighted by atomic mass is 32.2. The third-order valence-corrected chi connectivity index (χ3v) is 4.95. The number of hydrogen-bond acceptors (Lipinski definition) is 4. The zero-order valence-corrected chi connectivity index (χ0v) is 12.3. The van der Waals surface area contributed by atoms with Gasteiger partial charge in [-0.1, -0.05) is 23.9 Å². The summed E-state index contributed by atoms with van der Waals surface area (Å²) < 4.78 is 2.11. The molecular weight excluding hydrogens is 272 g/mol. The number of primary amides is 1. The van der Waals surface area contributed by atoms with Crippen molar-refractivity contribution in [1.82, 2.24) is 14.8 Å². The van der Waals surface area contributed by atoms with Gasteiger partial charge in [0.05, 0.1) is 0 Å². The van der Waals surface area contributed by atoms with Gasteiger partial charge in [-0.2, -0.15) is 0 Å². The molecular formula is C14H20N4OS. The van der Waals surface area contributed by atoms with Gasteiger partial charge in [0.25, 0.3) is 0 Å². The van der Waals surface area contributed by atoms with Crippen LogP contribution in [0, 0.1) is 0 Å². The Kier molecular flexibility index (Phi) is 4.10. The van der Waals surface area contributed by atoms with Crippen LogP contribution in [0.25, 0.3) is 0 Å². The van der Waals surface area contributed by atoms with E-state index in [0.717, 1.165) is 11.0 Å². The first kappa shape index (κ1) is 13.7. The molecule has 1 saturated carbocycles. The van der Waals surface area contributed by atoms with Gasteiger partial charge in [0, 0.05) is 24.1 Å². The monoisotopic (exact) mass is 292 g/mol. The van der Waals surface area contributed by atoms with Crippen molar-refractivity contribution in [3.8, 4) is 0 Å². The number of amides is 1. The van der Waals surface area contributed by atoms with Crippen molar-refractivity contribution in [1.29, 1.82) is 0 Å². The second-order valence-electron chi connectivity index (χ2n) is 5.50. The molecule has 108 valence electrons. The Balaban J connectivity index is 1.76. The summed E-state index contributed by atoms with van der Waals surface area (Å²) in [7, 11) is 0. The summed E-state index contributed by atoms with van der Waals surface area (Å²) in [5.74, 6) is 1.30. The van der Waals surface area contributed by atoms with Crippen LogP contribution in [0.5, 0.6) is 0 Å². The normalized spacial score (nSPS) is 22.1. The average molecular weight is 292 g/mol. The van der Waals surface area contributed by atoms with Crippen LogP contribution in [0.1, 0.15) is 50.3 Å². The summed E-state index contributed by atoms with van der Waals surface area (Å²) in [6, 6.07) is 0. The van der Waals surface area contributed by atoms with Gasteiger partial charge in [0.2, 0.25) is 5.91 Å². The second kappa shape index (κ2) is 5.99. The van der Waals surface area contributed by atoms with Crippen LogP contribution < -0.4 is 5.73 Å². The first-order valence-corrected chi connectivity index (χ1v) is 8.16. The van der Waals surface area contributed by atoms with Gasteiger partial charge in [-0.15, -0.1) is 10.2 Å². The van der Waals surface area contributed by atoms with Crippen LogP contribution >= 0.6 is 11.8 Å². The molecule has 0 unspecified atom stereocenters. The molecule has 0 aromatic carbocycles. The first-order valence-electron chi connectivity index (χ1n) is 7.29. The molecule has 1 amide bonds. The Morgan fingerprint density at radius 2 is 2.25 bits per heavy atom. The molecule has 1 heterocycles. The Bertz CT molecular complexity index is 521. The summed E-state index contributed by atoms with van der Waals surface area (Å²) >= 11 is 1.76. The summed E-state index contributed by atoms with van der Waals surface area (Å²) in [6.07, 6.45) is 10.8. The third-order valence-electron chi connectivity index (χ3n) is 3.74. The lowest BCUT2D eigenvalue weighted by Crippen LogP contribution is -2.16. The first-order chi connectivity index (χ1) is 9.74. The molecule has 2 aliphatic carbocycles. The number of hydrogen-bond donors (Lipinski definition) is 1. The average Bonchev–Trinajstić information content (AvgIpc) is 3.21. The number of carbonyl (C=O) groups is 1. The van der Waals surface area contributed by atoms with Crippen LogP contribution in [0.3, 0.4) is 0 Å². The lowest BCUT2D eigenvalue weighted by atomic mass is 10.1. The van der Waals surface area contributed by atoms with Crippen LogP contribution in [-0.2, 0) is 11.3 Å². The molecule has 0 radical (unpaired) electrons. The van der Waals surface area contributed by atoms with Crippen LogP contribution in [-0.4, -0.2) is 25.9 Å². The Hall–Kier alpha value is -1.30. The highest BCUT2D eigenvalue weighted by Gasteiger charge is 2.30. The minimum Gasteiger partial charge on any atom is -0.370 e. The van der Waals surface area contributed by atoms with E-state index in [9.17, 15) is 4.79 Å². The van der Waals surface area contributed by atoms with Crippen LogP contribution in [0.4, 0.5) is 0 Å². The fraction of sp³-hybridized carbons (Fsp3) is 0.643. The predicted octanol–water partition coefficient (Wildman–Crippen LogP) is 2.23. The largest absolute Gasteiger partial charge is 0.370 e. The Labute approximate surface area is 123 Å². The van der Waals surface area contributed by atoms with Crippen molar-refractivity contribution < 1.29 is 4.79 Å². The van der Waals surface area contributed by atoms with Gasteiger partial charge in [-0.3, -0.25) is 4.79 Å². The predicted molar refractivity (Wildman–Crippen MR) is 78.4 cm³/mol. The van der Waals surface area contributed by atoms with E-state index in [-0.39, 0.29) is 5.91 Å². The number of allylic oxidation sites excluding steroid dienone is 1. The molecule has 0 aliphatic heterocycles. The minimum absolute atomic E-state index is 0.269. The second-order valence-corrected chi connectivity index (χ2v) is 6.70. The number of nitrogens with two attached hydrogens (primary N) is 1. The molecule has 0 saturated heterocycles. The van der Waals surface area contributed by atoms with E-state index in [0.29, 0.717) is 24.1 Å². The summed E-state index contributed by atoms with van der Waals surface area (Å²) in [5, 5.41) is 10.1. The van der Waals surface area contributed by atoms with E-state index in [1.807, 2.05) is 0 Å². The van der Waals surface area contributed by atoms with Crippen molar-refractivity contribution in [3.63, 3.8) is 0 Å². The van der Waals surface area contributed by atoms with Crippen molar-refractivity contribution >= 4 is 17.7 Å². The van der Waals surface area contributed by atoms with E-state index in [4.69, 9.17) is 5.73 Å². The molecule has 3 rings (SSSR count). The highest BCUT2D eigenvalue weighted by Crippen LogP contribution is 2.40. The summed E-state index contributed by atoms with van der Waals surface area (Å²) in [4.78, 5) is 11.0. The maximum atomic E-state index is 11.0. The van der Waals surface area contributed by atoms with Crippen LogP contribution in [0.2, 0.25) is 0 Å². The summed E-state index contributed by atoms with van der Waals surface area (Å²) in [6.45, 7) is 0.604. The molecule has 6 heteroatoms. The van der Waals surface area contributed by atoms with Gasteiger partial charge in [-0.25, -0.2) is 0 Å². The van der Waals surface area contributed by atoms with E-state index in [2.05, 4.69) is 26.9 Å². The number of aromatic nitrogens is 3. The SMILES string of the molecule is NC(=O)CCn1c(S[C@@H]2C=CCCC2)nnc1C1CC1. The number of nitrogens with zero attached hydrogens (tertiary/aromatic N) is 3. The fourth-order valence-electron chi connectivity index (χ4n) is 2.48. The minimum atomic E-state index is -0.269. The lowest BCUT2D eigenvalue weighted by Gasteiger charge is -2.16. The smallest absolute Gasteiger partial charge is 0.219 e. The molecule has 1 aromatic rings. The molecule has 0 bridgehead atoms. The van der Waals surface area contributed by atoms with Crippen molar-refractivity contribution in [2.75, 3.05) is 0 Å². The topological polar surface area (TPSA) is 73.8 Å². The van der Waals surface area contributed by atoms with E-state index in [1.165, 1.54) is 32.1 Å². The molecule has 1 fully saturated rings. The highest BCUT2D eigenvalue weighted by molar-refractivity contribution is 7.99. The van der Waals surface area contributed by atoms with Crippen LogP contribution in [0.15, 0.2) is 17.3 Å². The van der Waals surface area contributed by atoms with Gasteiger partial charge in [0.15, 0.2) is 5.16 Å². The summed E-state index contributed by atoms with van der Waals surface area (Å²) in [5.41, 5.74) is 5.27. The molecule has 2 aliphatic rings. The Morgan fingerprint density at radius 1 is 1.40 bits per heavy atom. The zero-order chi connectivity index (χ0) is 13.9. The van der Waals surface area contributed by atoms with Gasteiger partial charge >= 0.3 is 0 Å². The van der Waals surface area contributed by atoms with E-state index < -0.39 is 0 Å². The molecule has 1 aromatic heterocycles. The lowest BCUT2D eigenvalue weighted by molar-refractivity contribution is -0.118. The van der Waals surface area contributed by atoms with Crippen molar-refractivity contribution in [2.24, 2.45) is 5.73 Å². The van der Waals surface area contributed by atoms with Gasteiger partial charge < -0.3 is 10.3 Å².